The Bertz CT molecular complexity index is 594. The second-order valence-electron chi connectivity index (χ2n) is 3.84. The Kier molecular flexibility index (Phi) is 3.65. The molecule has 7 nitrogen and oxygen atoms in total. The van der Waals surface area contributed by atoms with Crippen molar-refractivity contribution in [2.75, 3.05) is 5.73 Å². The van der Waals surface area contributed by atoms with Crippen molar-refractivity contribution >= 4 is 11.7 Å². The van der Waals surface area contributed by atoms with Gasteiger partial charge in [0.2, 0.25) is 0 Å². The van der Waals surface area contributed by atoms with Gasteiger partial charge < -0.3 is 15.6 Å². The number of nitrogen functional groups attached to an aromatic ring is 1. The van der Waals surface area contributed by atoms with Crippen LogP contribution < -0.4 is 10.5 Å². The molecule has 0 amide bonds. The van der Waals surface area contributed by atoms with Crippen molar-refractivity contribution in [3.63, 3.8) is 0 Å². The van der Waals surface area contributed by atoms with Gasteiger partial charge in [-0.25, -0.2) is 14.5 Å². The first-order chi connectivity index (χ1) is 9.11. The predicted molar refractivity (Wildman–Crippen MR) is 67.8 cm³/mol. The van der Waals surface area contributed by atoms with Crippen LogP contribution in [0.5, 0.6) is 5.75 Å². The minimum Gasteiger partial charge on any atom is -0.485 e. The lowest BCUT2D eigenvalue weighted by Crippen LogP contribution is -2.09. The summed E-state index contributed by atoms with van der Waals surface area (Å²) in [6.07, 6.45) is 1.43. The van der Waals surface area contributed by atoms with Gasteiger partial charge in [-0.15, -0.1) is 0 Å². The van der Waals surface area contributed by atoms with Crippen molar-refractivity contribution in [1.82, 2.24) is 14.8 Å². The Morgan fingerprint density at radius 3 is 3.00 bits per heavy atom. The summed E-state index contributed by atoms with van der Waals surface area (Å²) in [4.78, 5) is 15.1. The molecular formula is C12H14N4O3. The zero-order valence-corrected chi connectivity index (χ0v) is 10.4. The van der Waals surface area contributed by atoms with Gasteiger partial charge >= 0.3 is 5.97 Å². The minimum absolute atomic E-state index is 0.0302. The number of carboxylic acid groups (broad SMARTS) is 1. The first-order valence-electron chi connectivity index (χ1n) is 5.74. The van der Waals surface area contributed by atoms with Crippen LogP contribution in [0.2, 0.25) is 0 Å². The molecule has 0 fully saturated rings. The summed E-state index contributed by atoms with van der Waals surface area (Å²) in [7, 11) is 0. The molecule has 0 aliphatic carbocycles. The normalized spacial score (nSPS) is 10.4. The Morgan fingerprint density at radius 2 is 2.32 bits per heavy atom. The van der Waals surface area contributed by atoms with Gasteiger partial charge in [-0.2, -0.15) is 5.10 Å². The average molecular weight is 262 g/mol. The Morgan fingerprint density at radius 1 is 1.53 bits per heavy atom. The second kappa shape index (κ2) is 5.38. The third-order valence-electron chi connectivity index (χ3n) is 2.59. The number of aromatic nitrogens is 3. The largest absolute Gasteiger partial charge is 0.485 e. The van der Waals surface area contributed by atoms with Crippen LogP contribution in [0.4, 0.5) is 5.69 Å². The van der Waals surface area contributed by atoms with Crippen LogP contribution in [-0.2, 0) is 13.2 Å². The SMILES string of the molecule is CCn1ncnc1COc1ccc(N)cc1C(=O)O. The Hall–Kier alpha value is -2.57. The van der Waals surface area contributed by atoms with Crippen LogP contribution in [0.25, 0.3) is 0 Å². The molecule has 1 aromatic carbocycles. The third-order valence-corrected chi connectivity index (χ3v) is 2.59. The van der Waals surface area contributed by atoms with Gasteiger partial charge in [0, 0.05) is 12.2 Å². The van der Waals surface area contributed by atoms with Gasteiger partial charge in [-0.3, -0.25) is 0 Å². The van der Waals surface area contributed by atoms with E-state index in [-0.39, 0.29) is 17.9 Å². The summed E-state index contributed by atoms with van der Waals surface area (Å²) < 4.78 is 7.16. The van der Waals surface area contributed by atoms with Crippen LogP contribution in [0.3, 0.4) is 0 Å². The zero-order chi connectivity index (χ0) is 13.8. The van der Waals surface area contributed by atoms with Crippen molar-refractivity contribution in [3.05, 3.63) is 35.9 Å². The molecule has 2 rings (SSSR count). The van der Waals surface area contributed by atoms with Gasteiger partial charge in [0.15, 0.2) is 5.82 Å². The Balaban J connectivity index is 2.18. The van der Waals surface area contributed by atoms with E-state index in [9.17, 15) is 4.79 Å². The summed E-state index contributed by atoms with van der Waals surface area (Å²) >= 11 is 0. The van der Waals surface area contributed by atoms with E-state index in [2.05, 4.69) is 10.1 Å². The molecule has 0 unspecified atom stereocenters. The summed E-state index contributed by atoms with van der Waals surface area (Å²) in [6.45, 7) is 2.76. The molecule has 0 saturated carbocycles. The standard InChI is InChI=1S/C12H14N4O3/c1-2-16-11(14-7-15-16)6-19-10-4-3-8(13)5-9(10)12(17)18/h3-5,7H,2,6,13H2,1H3,(H,17,18). The highest BCUT2D eigenvalue weighted by atomic mass is 16.5. The van der Waals surface area contributed by atoms with Crippen molar-refractivity contribution in [2.24, 2.45) is 0 Å². The van der Waals surface area contributed by atoms with Gasteiger partial charge in [-0.05, 0) is 25.1 Å². The van der Waals surface area contributed by atoms with Crippen LogP contribution in [-0.4, -0.2) is 25.8 Å². The van der Waals surface area contributed by atoms with Crippen molar-refractivity contribution in [1.29, 1.82) is 0 Å². The first kappa shape index (κ1) is 12.9. The number of hydrogen-bond acceptors (Lipinski definition) is 5. The smallest absolute Gasteiger partial charge is 0.339 e. The molecule has 0 bridgehead atoms. The van der Waals surface area contributed by atoms with E-state index in [1.807, 2.05) is 6.92 Å². The predicted octanol–water partition coefficient (Wildman–Crippen LogP) is 1.16. The lowest BCUT2D eigenvalue weighted by Gasteiger charge is -2.09. The number of aromatic carboxylic acids is 1. The van der Waals surface area contributed by atoms with E-state index in [0.29, 0.717) is 18.1 Å². The van der Waals surface area contributed by atoms with E-state index >= 15 is 0 Å². The van der Waals surface area contributed by atoms with E-state index in [4.69, 9.17) is 15.6 Å². The topological polar surface area (TPSA) is 103 Å². The monoisotopic (exact) mass is 262 g/mol. The van der Waals surface area contributed by atoms with Gasteiger partial charge in [-0.1, -0.05) is 0 Å². The Labute approximate surface area is 109 Å². The van der Waals surface area contributed by atoms with Crippen LogP contribution in [0.15, 0.2) is 24.5 Å². The number of anilines is 1. The highest BCUT2D eigenvalue weighted by molar-refractivity contribution is 5.92. The maximum Gasteiger partial charge on any atom is 0.339 e. The van der Waals surface area contributed by atoms with Crippen molar-refractivity contribution in [3.8, 4) is 5.75 Å². The van der Waals surface area contributed by atoms with Crippen molar-refractivity contribution in [2.45, 2.75) is 20.1 Å². The van der Waals surface area contributed by atoms with Gasteiger partial charge in [0.1, 0.15) is 24.2 Å². The van der Waals surface area contributed by atoms with Gasteiger partial charge in [0.05, 0.1) is 0 Å². The number of benzene rings is 1. The summed E-state index contributed by atoms with van der Waals surface area (Å²) in [5, 5.41) is 13.1. The summed E-state index contributed by atoms with van der Waals surface area (Å²) in [6, 6.07) is 4.49. The van der Waals surface area contributed by atoms with E-state index in [1.165, 1.54) is 18.5 Å². The van der Waals surface area contributed by atoms with Crippen LogP contribution >= 0.6 is 0 Å². The zero-order valence-electron chi connectivity index (χ0n) is 10.4. The highest BCUT2D eigenvalue weighted by Gasteiger charge is 2.13. The van der Waals surface area contributed by atoms with Gasteiger partial charge in [0.25, 0.3) is 0 Å². The number of carboxylic acids is 1. The molecule has 0 radical (unpaired) electrons. The molecule has 0 aliphatic heterocycles. The molecular weight excluding hydrogens is 248 g/mol. The molecule has 0 aliphatic rings. The highest BCUT2D eigenvalue weighted by Crippen LogP contribution is 2.22. The summed E-state index contributed by atoms with van der Waals surface area (Å²) in [5.41, 5.74) is 5.96. The number of nitrogens with two attached hydrogens (primary N) is 1. The molecule has 7 heteroatoms. The van der Waals surface area contributed by atoms with E-state index < -0.39 is 5.97 Å². The maximum absolute atomic E-state index is 11.1. The van der Waals surface area contributed by atoms with Crippen LogP contribution in [0, 0.1) is 0 Å². The minimum atomic E-state index is -1.08. The second-order valence-corrected chi connectivity index (χ2v) is 3.84. The fraction of sp³-hybridized carbons (Fsp3) is 0.250. The number of carbonyl (C=O) groups is 1. The number of rotatable bonds is 5. The molecule has 19 heavy (non-hydrogen) atoms. The number of nitrogens with zero attached hydrogens (tertiary/aromatic N) is 3. The molecule has 0 spiro atoms. The molecule has 0 saturated heterocycles. The van der Waals surface area contributed by atoms with Crippen molar-refractivity contribution < 1.29 is 14.6 Å². The summed E-state index contributed by atoms with van der Waals surface area (Å²) in [5.74, 6) is -0.192. The molecule has 1 heterocycles. The fourth-order valence-electron chi connectivity index (χ4n) is 1.65. The third kappa shape index (κ3) is 2.82. The van der Waals surface area contributed by atoms with E-state index in [1.54, 1.807) is 10.7 Å². The first-order valence-corrected chi connectivity index (χ1v) is 5.74. The quantitative estimate of drug-likeness (QED) is 0.783. The van der Waals surface area contributed by atoms with Crippen LogP contribution in [0.1, 0.15) is 23.1 Å². The maximum atomic E-state index is 11.1. The lowest BCUT2D eigenvalue weighted by atomic mass is 10.2. The molecule has 1 aromatic heterocycles. The number of aryl methyl sites for hydroxylation is 1. The lowest BCUT2D eigenvalue weighted by molar-refractivity contribution is 0.0691. The molecule has 2 aromatic rings. The molecule has 3 N–H and O–H groups in total. The molecule has 0 atom stereocenters. The van der Waals surface area contributed by atoms with E-state index in [0.717, 1.165) is 0 Å². The number of hydrogen-bond donors (Lipinski definition) is 2. The molecule has 100 valence electrons. The fourth-order valence-corrected chi connectivity index (χ4v) is 1.65. The average Bonchev–Trinajstić information content (AvgIpc) is 2.84. The number of ether oxygens (including phenoxy) is 1.